The van der Waals surface area contributed by atoms with Gasteiger partial charge in [-0.3, -0.25) is 0 Å². The predicted molar refractivity (Wildman–Crippen MR) is 82.6 cm³/mol. The van der Waals surface area contributed by atoms with Crippen molar-refractivity contribution in [2.75, 3.05) is 11.9 Å². The molecule has 0 aliphatic rings. The van der Waals surface area contributed by atoms with E-state index in [0.29, 0.717) is 23.0 Å². The van der Waals surface area contributed by atoms with Crippen LogP contribution in [0.1, 0.15) is 17.3 Å². The monoisotopic (exact) mass is 354 g/mol. The van der Waals surface area contributed by atoms with Gasteiger partial charge in [0.15, 0.2) is 0 Å². The van der Waals surface area contributed by atoms with E-state index >= 15 is 0 Å². The van der Waals surface area contributed by atoms with Gasteiger partial charge in [-0.15, -0.1) is 0 Å². The Bertz CT molecular complexity index is 617. The first kappa shape index (κ1) is 14.8. The first-order valence-electron chi connectivity index (χ1n) is 5.95. The van der Waals surface area contributed by atoms with Gasteiger partial charge in [-0.2, -0.15) is 0 Å². The van der Waals surface area contributed by atoms with E-state index in [1.165, 1.54) is 6.20 Å². The van der Waals surface area contributed by atoms with Crippen molar-refractivity contribution in [1.82, 2.24) is 4.98 Å². The van der Waals surface area contributed by atoms with E-state index in [1.807, 2.05) is 12.1 Å². The molecule has 0 fully saturated rings. The van der Waals surface area contributed by atoms with Crippen LogP contribution in [-0.4, -0.2) is 17.6 Å². The molecule has 4 nitrogen and oxygen atoms in total. The highest BCUT2D eigenvalue weighted by Crippen LogP contribution is 2.26. The normalized spacial score (nSPS) is 10.2. The maximum absolute atomic E-state index is 11.5. The lowest BCUT2D eigenvalue weighted by Crippen LogP contribution is -2.05. The maximum Gasteiger partial charge on any atom is 0.339 e. The van der Waals surface area contributed by atoms with Crippen molar-refractivity contribution in [3.8, 4) is 0 Å². The number of benzene rings is 1. The SMILES string of the molecule is CCOC(=O)c1ccc(Nc2ccc(Br)c(Cl)c2)nc1. The zero-order chi connectivity index (χ0) is 14.5. The van der Waals surface area contributed by atoms with Crippen molar-refractivity contribution in [1.29, 1.82) is 0 Å². The quantitative estimate of drug-likeness (QED) is 0.825. The van der Waals surface area contributed by atoms with Crippen molar-refractivity contribution in [3.63, 3.8) is 0 Å². The molecule has 0 saturated heterocycles. The van der Waals surface area contributed by atoms with Gasteiger partial charge < -0.3 is 10.1 Å². The molecule has 0 unspecified atom stereocenters. The average Bonchev–Trinajstić information content (AvgIpc) is 2.44. The van der Waals surface area contributed by atoms with Crippen LogP contribution in [0.25, 0.3) is 0 Å². The van der Waals surface area contributed by atoms with Gasteiger partial charge in [-0.05, 0) is 53.2 Å². The molecule has 20 heavy (non-hydrogen) atoms. The fourth-order valence-electron chi connectivity index (χ4n) is 1.52. The minimum absolute atomic E-state index is 0.343. The fraction of sp³-hybridized carbons (Fsp3) is 0.143. The summed E-state index contributed by atoms with van der Waals surface area (Å²) in [5, 5.41) is 3.71. The third kappa shape index (κ3) is 3.71. The number of aromatic nitrogens is 1. The van der Waals surface area contributed by atoms with Gasteiger partial charge >= 0.3 is 5.97 Å². The highest BCUT2D eigenvalue weighted by atomic mass is 79.9. The number of pyridine rings is 1. The van der Waals surface area contributed by atoms with E-state index in [-0.39, 0.29) is 5.97 Å². The zero-order valence-corrected chi connectivity index (χ0v) is 13.0. The molecule has 2 rings (SSSR count). The Kier molecular flexibility index (Phi) is 4.98. The number of nitrogens with zero attached hydrogens (tertiary/aromatic N) is 1. The molecule has 0 atom stereocenters. The lowest BCUT2D eigenvalue weighted by Gasteiger charge is -2.07. The summed E-state index contributed by atoms with van der Waals surface area (Å²) in [4.78, 5) is 15.7. The van der Waals surface area contributed by atoms with Crippen molar-refractivity contribution in [2.24, 2.45) is 0 Å². The largest absolute Gasteiger partial charge is 0.462 e. The summed E-state index contributed by atoms with van der Waals surface area (Å²) in [5.41, 5.74) is 1.24. The van der Waals surface area contributed by atoms with Gasteiger partial charge in [-0.25, -0.2) is 9.78 Å². The summed E-state index contributed by atoms with van der Waals surface area (Å²) >= 11 is 9.34. The van der Waals surface area contributed by atoms with E-state index in [4.69, 9.17) is 16.3 Å². The summed E-state index contributed by atoms with van der Waals surface area (Å²) < 4.78 is 5.72. The molecule has 0 bridgehead atoms. The van der Waals surface area contributed by atoms with E-state index < -0.39 is 0 Å². The lowest BCUT2D eigenvalue weighted by atomic mass is 10.2. The van der Waals surface area contributed by atoms with E-state index in [1.54, 1.807) is 25.1 Å². The van der Waals surface area contributed by atoms with Crippen molar-refractivity contribution in [2.45, 2.75) is 6.92 Å². The predicted octanol–water partition coefficient (Wildman–Crippen LogP) is 4.42. The van der Waals surface area contributed by atoms with E-state index in [9.17, 15) is 4.79 Å². The van der Waals surface area contributed by atoms with Crippen LogP contribution in [0.2, 0.25) is 5.02 Å². The highest BCUT2D eigenvalue weighted by molar-refractivity contribution is 9.10. The van der Waals surface area contributed by atoms with Crippen LogP contribution in [0.5, 0.6) is 0 Å². The van der Waals surface area contributed by atoms with Crippen LogP contribution >= 0.6 is 27.5 Å². The Morgan fingerprint density at radius 2 is 2.20 bits per heavy atom. The van der Waals surface area contributed by atoms with Crippen molar-refractivity contribution in [3.05, 3.63) is 51.6 Å². The standard InChI is InChI=1S/C14H12BrClN2O2/c1-2-20-14(19)9-3-6-13(17-8-9)18-10-4-5-11(15)12(16)7-10/h3-8H,2H2,1H3,(H,17,18). The van der Waals surface area contributed by atoms with Crippen LogP contribution in [-0.2, 0) is 4.74 Å². The van der Waals surface area contributed by atoms with Crippen LogP contribution < -0.4 is 5.32 Å². The number of rotatable bonds is 4. The molecule has 1 aromatic heterocycles. The van der Waals surface area contributed by atoms with Gasteiger partial charge in [0.2, 0.25) is 0 Å². The number of esters is 1. The molecule has 1 heterocycles. The second-order valence-corrected chi connectivity index (χ2v) is 5.17. The fourth-order valence-corrected chi connectivity index (χ4v) is 1.95. The summed E-state index contributed by atoms with van der Waals surface area (Å²) in [7, 11) is 0. The lowest BCUT2D eigenvalue weighted by molar-refractivity contribution is 0.0526. The Morgan fingerprint density at radius 3 is 2.80 bits per heavy atom. The van der Waals surface area contributed by atoms with Crippen LogP contribution in [0.4, 0.5) is 11.5 Å². The molecule has 104 valence electrons. The molecular weight excluding hydrogens is 344 g/mol. The topological polar surface area (TPSA) is 51.2 Å². The molecule has 0 amide bonds. The van der Waals surface area contributed by atoms with Gasteiger partial charge in [0.05, 0.1) is 17.2 Å². The van der Waals surface area contributed by atoms with Crippen LogP contribution in [0.15, 0.2) is 41.0 Å². The number of ether oxygens (including phenoxy) is 1. The molecule has 1 N–H and O–H groups in total. The molecule has 0 saturated carbocycles. The van der Waals surface area contributed by atoms with E-state index in [2.05, 4.69) is 26.2 Å². The second kappa shape index (κ2) is 6.72. The first-order valence-corrected chi connectivity index (χ1v) is 7.12. The van der Waals surface area contributed by atoms with Gasteiger partial charge in [-0.1, -0.05) is 11.6 Å². The van der Waals surface area contributed by atoms with Gasteiger partial charge in [0.25, 0.3) is 0 Å². The Hall–Kier alpha value is -1.59. The molecular formula is C14H12BrClN2O2. The molecule has 0 aliphatic carbocycles. The third-order valence-electron chi connectivity index (χ3n) is 2.47. The first-order chi connectivity index (χ1) is 9.60. The number of hydrogen-bond donors (Lipinski definition) is 1. The van der Waals surface area contributed by atoms with Crippen LogP contribution in [0, 0.1) is 0 Å². The minimum Gasteiger partial charge on any atom is -0.462 e. The van der Waals surface area contributed by atoms with Gasteiger partial charge in [0, 0.05) is 16.4 Å². The molecule has 0 spiro atoms. The number of halogens is 2. The molecule has 1 aromatic carbocycles. The second-order valence-electron chi connectivity index (χ2n) is 3.91. The average molecular weight is 356 g/mol. The molecule has 0 radical (unpaired) electrons. The highest BCUT2D eigenvalue weighted by Gasteiger charge is 2.07. The van der Waals surface area contributed by atoms with Crippen LogP contribution in [0.3, 0.4) is 0 Å². The number of carbonyl (C=O) groups is 1. The number of anilines is 2. The molecule has 6 heteroatoms. The van der Waals surface area contributed by atoms with E-state index in [0.717, 1.165) is 10.2 Å². The Balaban J connectivity index is 2.10. The zero-order valence-electron chi connectivity index (χ0n) is 10.7. The summed E-state index contributed by atoms with van der Waals surface area (Å²) in [6.07, 6.45) is 1.47. The van der Waals surface area contributed by atoms with Crippen molar-refractivity contribution >= 4 is 45.0 Å². The third-order valence-corrected chi connectivity index (χ3v) is 3.70. The maximum atomic E-state index is 11.5. The number of carbonyl (C=O) groups excluding carboxylic acids is 1. The minimum atomic E-state index is -0.377. The number of nitrogens with one attached hydrogen (secondary N) is 1. The van der Waals surface area contributed by atoms with Gasteiger partial charge in [0.1, 0.15) is 5.82 Å². The summed E-state index contributed by atoms with van der Waals surface area (Å²) in [6, 6.07) is 8.87. The molecule has 0 aliphatic heterocycles. The summed E-state index contributed by atoms with van der Waals surface area (Å²) in [5.74, 6) is 0.245. The summed E-state index contributed by atoms with van der Waals surface area (Å²) in [6.45, 7) is 2.11. The Morgan fingerprint density at radius 1 is 1.40 bits per heavy atom. The molecule has 2 aromatic rings. The Labute approximate surface area is 130 Å². The number of hydrogen-bond acceptors (Lipinski definition) is 4. The smallest absolute Gasteiger partial charge is 0.339 e. The van der Waals surface area contributed by atoms with Crippen molar-refractivity contribution < 1.29 is 9.53 Å².